The lowest BCUT2D eigenvalue weighted by Gasteiger charge is -2.07. The number of aromatic amines is 1. The molecule has 22 heavy (non-hydrogen) atoms. The predicted octanol–water partition coefficient (Wildman–Crippen LogP) is 3.80. The summed E-state index contributed by atoms with van der Waals surface area (Å²) in [5.41, 5.74) is 5.27. The first-order valence-corrected chi connectivity index (χ1v) is 7.52. The molecule has 2 aromatic carbocycles. The Morgan fingerprint density at radius 3 is 2.64 bits per heavy atom. The lowest BCUT2D eigenvalue weighted by molar-refractivity contribution is 0.509. The van der Waals surface area contributed by atoms with Gasteiger partial charge in [0.15, 0.2) is 11.6 Å². The molecule has 112 valence electrons. The van der Waals surface area contributed by atoms with Crippen LogP contribution in [-0.4, -0.2) is 18.1 Å². The molecule has 0 amide bonds. The molecule has 3 aromatic rings. The van der Waals surface area contributed by atoms with E-state index >= 15 is 0 Å². The van der Waals surface area contributed by atoms with Crippen LogP contribution in [0.1, 0.15) is 11.3 Å². The van der Waals surface area contributed by atoms with Gasteiger partial charge in [-0.1, -0.05) is 18.2 Å². The van der Waals surface area contributed by atoms with Crippen LogP contribution in [0.3, 0.4) is 0 Å². The number of benzene rings is 2. The highest BCUT2D eigenvalue weighted by Crippen LogP contribution is 2.34. The van der Waals surface area contributed by atoms with Gasteiger partial charge in [0, 0.05) is 29.6 Å². The Labute approximate surface area is 127 Å². The molecule has 2 heterocycles. The number of H-pyrrole nitrogens is 1. The summed E-state index contributed by atoms with van der Waals surface area (Å²) in [6.07, 6.45) is 1.90. The molecular weight excluding hydrogens is 282 g/mol. The SMILES string of the molecule is Fc1ccc(-c2cccc3[nH]c4c(c23)CCNCC4)cc1F. The monoisotopic (exact) mass is 298 g/mol. The average Bonchev–Trinajstić information content (AvgIpc) is 2.72. The van der Waals surface area contributed by atoms with E-state index in [1.807, 2.05) is 18.2 Å². The molecule has 0 bridgehead atoms. The lowest BCUT2D eigenvalue weighted by Crippen LogP contribution is -2.16. The van der Waals surface area contributed by atoms with Crippen molar-refractivity contribution in [3.05, 3.63) is 59.3 Å². The van der Waals surface area contributed by atoms with E-state index in [0.29, 0.717) is 5.56 Å². The van der Waals surface area contributed by atoms with Gasteiger partial charge in [0.25, 0.3) is 0 Å². The zero-order valence-corrected chi connectivity index (χ0v) is 12.0. The van der Waals surface area contributed by atoms with E-state index in [1.165, 1.54) is 23.4 Å². The maximum Gasteiger partial charge on any atom is 0.159 e. The summed E-state index contributed by atoms with van der Waals surface area (Å²) in [6, 6.07) is 10.1. The van der Waals surface area contributed by atoms with Crippen molar-refractivity contribution in [1.82, 2.24) is 10.3 Å². The topological polar surface area (TPSA) is 27.8 Å². The van der Waals surface area contributed by atoms with E-state index in [2.05, 4.69) is 10.3 Å². The van der Waals surface area contributed by atoms with Gasteiger partial charge in [-0.2, -0.15) is 0 Å². The number of halogens is 2. The second kappa shape index (κ2) is 5.21. The van der Waals surface area contributed by atoms with E-state index < -0.39 is 11.6 Å². The van der Waals surface area contributed by atoms with E-state index in [4.69, 9.17) is 0 Å². The summed E-state index contributed by atoms with van der Waals surface area (Å²) in [4.78, 5) is 3.48. The number of aromatic nitrogens is 1. The minimum atomic E-state index is -0.812. The predicted molar refractivity (Wildman–Crippen MR) is 83.9 cm³/mol. The summed E-state index contributed by atoms with van der Waals surface area (Å²) < 4.78 is 26.8. The van der Waals surface area contributed by atoms with Gasteiger partial charge >= 0.3 is 0 Å². The first-order valence-electron chi connectivity index (χ1n) is 7.52. The van der Waals surface area contributed by atoms with E-state index in [-0.39, 0.29) is 0 Å². The van der Waals surface area contributed by atoms with Gasteiger partial charge in [-0.15, -0.1) is 0 Å². The van der Waals surface area contributed by atoms with Crippen molar-refractivity contribution < 1.29 is 8.78 Å². The normalized spacial score (nSPS) is 14.8. The van der Waals surface area contributed by atoms with Gasteiger partial charge in [-0.3, -0.25) is 0 Å². The number of nitrogens with one attached hydrogen (secondary N) is 2. The number of hydrogen-bond donors (Lipinski definition) is 2. The minimum Gasteiger partial charge on any atom is -0.358 e. The number of fused-ring (bicyclic) bond motifs is 3. The molecule has 1 aliphatic heterocycles. The van der Waals surface area contributed by atoms with Gasteiger partial charge in [-0.25, -0.2) is 8.78 Å². The van der Waals surface area contributed by atoms with Gasteiger partial charge in [-0.05, 0) is 47.9 Å². The maximum atomic E-state index is 13.6. The summed E-state index contributed by atoms with van der Waals surface area (Å²) in [5.74, 6) is -1.62. The van der Waals surface area contributed by atoms with Gasteiger partial charge < -0.3 is 10.3 Å². The molecule has 1 aromatic heterocycles. The molecule has 0 unspecified atom stereocenters. The second-order valence-corrected chi connectivity index (χ2v) is 5.69. The molecule has 0 radical (unpaired) electrons. The van der Waals surface area contributed by atoms with E-state index in [9.17, 15) is 8.78 Å². The Hall–Kier alpha value is -2.20. The molecule has 0 atom stereocenters. The lowest BCUT2D eigenvalue weighted by atomic mass is 9.97. The first-order chi connectivity index (χ1) is 10.7. The van der Waals surface area contributed by atoms with Crippen molar-refractivity contribution >= 4 is 10.9 Å². The van der Waals surface area contributed by atoms with Gasteiger partial charge in [0.05, 0.1) is 0 Å². The molecule has 2 N–H and O–H groups in total. The molecule has 0 saturated carbocycles. The smallest absolute Gasteiger partial charge is 0.159 e. The fourth-order valence-electron chi connectivity index (χ4n) is 3.32. The fourth-order valence-corrected chi connectivity index (χ4v) is 3.32. The third kappa shape index (κ3) is 2.11. The number of hydrogen-bond acceptors (Lipinski definition) is 1. The Kier molecular flexibility index (Phi) is 3.19. The van der Waals surface area contributed by atoms with E-state index in [0.717, 1.165) is 42.4 Å². The Morgan fingerprint density at radius 2 is 1.77 bits per heavy atom. The standard InChI is InChI=1S/C18H16F2N2/c19-14-5-4-11(10-15(14)20)12-2-1-3-17-18(12)13-6-8-21-9-7-16(13)22-17/h1-5,10,21-22H,6-9H2. The van der Waals surface area contributed by atoms with Crippen LogP contribution in [0.25, 0.3) is 22.0 Å². The van der Waals surface area contributed by atoms with Crippen LogP contribution in [0.2, 0.25) is 0 Å². The molecule has 4 rings (SSSR count). The minimum absolute atomic E-state index is 0.712. The summed E-state index contributed by atoms with van der Waals surface area (Å²) in [6.45, 7) is 1.90. The summed E-state index contributed by atoms with van der Waals surface area (Å²) >= 11 is 0. The second-order valence-electron chi connectivity index (χ2n) is 5.69. The first kappa shape index (κ1) is 13.5. The molecule has 4 heteroatoms. The molecule has 0 saturated heterocycles. The Bertz CT molecular complexity index is 852. The third-order valence-electron chi connectivity index (χ3n) is 4.35. The quantitative estimate of drug-likeness (QED) is 0.702. The van der Waals surface area contributed by atoms with Crippen molar-refractivity contribution in [2.24, 2.45) is 0 Å². The van der Waals surface area contributed by atoms with Crippen LogP contribution in [0.4, 0.5) is 8.78 Å². The molecule has 0 aliphatic carbocycles. The molecule has 0 spiro atoms. The van der Waals surface area contributed by atoms with Crippen LogP contribution in [0.15, 0.2) is 36.4 Å². The largest absolute Gasteiger partial charge is 0.358 e. The van der Waals surface area contributed by atoms with Crippen LogP contribution >= 0.6 is 0 Å². The molecule has 0 fully saturated rings. The maximum absolute atomic E-state index is 13.6. The molecular formula is C18H16F2N2. The Balaban J connectivity index is 1.97. The summed E-state index contributed by atoms with van der Waals surface area (Å²) in [5, 5.41) is 4.52. The highest BCUT2D eigenvalue weighted by molar-refractivity contribution is 5.98. The van der Waals surface area contributed by atoms with Crippen molar-refractivity contribution in [2.45, 2.75) is 12.8 Å². The van der Waals surface area contributed by atoms with Crippen molar-refractivity contribution in [3.8, 4) is 11.1 Å². The van der Waals surface area contributed by atoms with Crippen LogP contribution < -0.4 is 5.32 Å². The highest BCUT2D eigenvalue weighted by atomic mass is 19.2. The third-order valence-corrected chi connectivity index (χ3v) is 4.35. The zero-order chi connectivity index (χ0) is 15.1. The van der Waals surface area contributed by atoms with E-state index in [1.54, 1.807) is 6.07 Å². The van der Waals surface area contributed by atoms with Crippen LogP contribution in [0.5, 0.6) is 0 Å². The van der Waals surface area contributed by atoms with Crippen LogP contribution in [0, 0.1) is 11.6 Å². The van der Waals surface area contributed by atoms with Crippen molar-refractivity contribution in [1.29, 1.82) is 0 Å². The number of rotatable bonds is 1. The molecule has 1 aliphatic rings. The molecule has 2 nitrogen and oxygen atoms in total. The zero-order valence-electron chi connectivity index (χ0n) is 12.0. The van der Waals surface area contributed by atoms with Crippen molar-refractivity contribution in [3.63, 3.8) is 0 Å². The van der Waals surface area contributed by atoms with Gasteiger partial charge in [0.2, 0.25) is 0 Å². The Morgan fingerprint density at radius 1 is 0.909 bits per heavy atom. The van der Waals surface area contributed by atoms with Gasteiger partial charge in [0.1, 0.15) is 0 Å². The highest BCUT2D eigenvalue weighted by Gasteiger charge is 2.17. The average molecular weight is 298 g/mol. The fraction of sp³-hybridized carbons (Fsp3) is 0.222. The van der Waals surface area contributed by atoms with Crippen molar-refractivity contribution in [2.75, 3.05) is 13.1 Å². The van der Waals surface area contributed by atoms with Crippen LogP contribution in [-0.2, 0) is 12.8 Å². The summed E-state index contributed by atoms with van der Waals surface area (Å²) in [7, 11) is 0.